The van der Waals surface area contributed by atoms with Crippen LogP contribution in [0.25, 0.3) is 33.1 Å². The highest BCUT2D eigenvalue weighted by Gasteiger charge is 2.30. The predicted octanol–water partition coefficient (Wildman–Crippen LogP) is 1.31. The number of rotatable bonds is 2. The molecule has 0 saturated carbocycles. The standard InChI is InChI=1S/C26H12N2O6/c29-23-19(11-5-1-3-7-15(11)27-23)21-13-9-18-14(10-17(13)33-25(21)31)22(26(32)34-18)20-12-6-2-4-8-16(12)28-24(20)30/h1-10,31-32H. The summed E-state index contributed by atoms with van der Waals surface area (Å²) in [6, 6.07) is 17.2. The third-order valence-electron chi connectivity index (χ3n) is 6.18. The molecule has 0 spiro atoms. The van der Waals surface area contributed by atoms with Crippen LogP contribution >= 0.6 is 0 Å². The molecule has 7 rings (SSSR count). The van der Waals surface area contributed by atoms with Gasteiger partial charge in [-0.3, -0.25) is 9.59 Å². The van der Waals surface area contributed by atoms with Crippen LogP contribution in [0.5, 0.6) is 11.9 Å². The molecule has 0 saturated heterocycles. The maximum Gasteiger partial charge on any atom is 0.291 e. The second-order valence-electron chi connectivity index (χ2n) is 8.03. The largest absolute Gasteiger partial charge is 0.480 e. The lowest BCUT2D eigenvalue weighted by Crippen LogP contribution is -2.22. The molecule has 0 aliphatic carbocycles. The van der Waals surface area contributed by atoms with E-state index in [1.165, 1.54) is 0 Å². The highest BCUT2D eigenvalue weighted by Crippen LogP contribution is 2.42. The molecule has 4 heterocycles. The molecular weight excluding hydrogens is 436 g/mol. The zero-order valence-corrected chi connectivity index (χ0v) is 17.2. The topological polar surface area (TPSA) is 126 Å². The summed E-state index contributed by atoms with van der Waals surface area (Å²) >= 11 is 0. The molecule has 2 aromatic heterocycles. The SMILES string of the molecule is O=C1N=c2ccccc2=C1c1c(O)oc2cc3c(C4=c5ccccc5=NC4=O)c(O)oc3cc12. The van der Waals surface area contributed by atoms with E-state index >= 15 is 0 Å². The smallest absolute Gasteiger partial charge is 0.291 e. The Hall–Kier alpha value is -4.98. The van der Waals surface area contributed by atoms with Crippen molar-refractivity contribution in [3.05, 3.63) is 92.9 Å². The van der Waals surface area contributed by atoms with Gasteiger partial charge in [-0.25, -0.2) is 9.98 Å². The van der Waals surface area contributed by atoms with Crippen molar-refractivity contribution < 1.29 is 28.6 Å². The average molecular weight is 448 g/mol. The average Bonchev–Trinajstić information content (AvgIpc) is 3.51. The van der Waals surface area contributed by atoms with Crippen molar-refractivity contribution in [3.63, 3.8) is 0 Å². The summed E-state index contributed by atoms with van der Waals surface area (Å²) in [6.07, 6.45) is 0. The van der Waals surface area contributed by atoms with E-state index in [0.717, 1.165) is 0 Å². The maximum absolute atomic E-state index is 12.7. The lowest BCUT2D eigenvalue weighted by atomic mass is 9.98. The van der Waals surface area contributed by atoms with Gasteiger partial charge >= 0.3 is 0 Å². The summed E-state index contributed by atoms with van der Waals surface area (Å²) in [4.78, 5) is 33.5. The van der Waals surface area contributed by atoms with E-state index in [2.05, 4.69) is 9.98 Å². The van der Waals surface area contributed by atoms with Crippen LogP contribution in [-0.4, -0.2) is 22.0 Å². The van der Waals surface area contributed by atoms with Crippen LogP contribution < -0.4 is 21.2 Å². The molecule has 2 aliphatic heterocycles. The van der Waals surface area contributed by atoms with Crippen molar-refractivity contribution >= 4 is 44.9 Å². The zero-order chi connectivity index (χ0) is 23.1. The van der Waals surface area contributed by atoms with Crippen molar-refractivity contribution in [2.75, 3.05) is 0 Å². The number of fused-ring (bicyclic) bond motifs is 4. The Labute approximate surface area is 188 Å². The van der Waals surface area contributed by atoms with Gasteiger partial charge in [-0.05, 0) is 24.3 Å². The Morgan fingerprint density at radius 2 is 1.03 bits per heavy atom. The number of amides is 2. The van der Waals surface area contributed by atoms with Gasteiger partial charge in [0.2, 0.25) is 0 Å². The minimum Gasteiger partial charge on any atom is -0.480 e. The van der Waals surface area contributed by atoms with Crippen molar-refractivity contribution in [2.24, 2.45) is 9.98 Å². The van der Waals surface area contributed by atoms with Crippen LogP contribution in [0.1, 0.15) is 11.1 Å². The monoisotopic (exact) mass is 448 g/mol. The fourth-order valence-corrected chi connectivity index (χ4v) is 4.75. The Balaban J connectivity index is 1.56. The summed E-state index contributed by atoms with van der Waals surface area (Å²) in [6.45, 7) is 0. The molecule has 0 unspecified atom stereocenters. The number of benzene rings is 3. The van der Waals surface area contributed by atoms with Crippen molar-refractivity contribution in [1.29, 1.82) is 0 Å². The number of carbonyl (C=O) groups excluding carboxylic acids is 2. The van der Waals surface area contributed by atoms with E-state index < -0.39 is 23.7 Å². The molecule has 2 aliphatic rings. The number of aromatic hydroxyl groups is 2. The molecule has 162 valence electrons. The first-order valence-electron chi connectivity index (χ1n) is 10.4. The van der Waals surface area contributed by atoms with Crippen LogP contribution in [0.2, 0.25) is 0 Å². The molecule has 0 radical (unpaired) electrons. The van der Waals surface area contributed by atoms with Gasteiger partial charge in [0.05, 0.1) is 33.0 Å². The number of hydrogen-bond donors (Lipinski definition) is 2. The second kappa shape index (κ2) is 6.29. The number of furan rings is 2. The second-order valence-corrected chi connectivity index (χ2v) is 8.03. The summed E-state index contributed by atoms with van der Waals surface area (Å²) in [5, 5.41) is 24.3. The molecule has 0 atom stereocenters. The van der Waals surface area contributed by atoms with E-state index in [0.29, 0.717) is 31.9 Å². The minimum absolute atomic E-state index is 0.193. The van der Waals surface area contributed by atoms with Crippen LogP contribution in [0.15, 0.2) is 79.5 Å². The molecule has 8 heteroatoms. The molecule has 2 amide bonds. The fraction of sp³-hybridized carbons (Fsp3) is 0. The number of hydrogen-bond acceptors (Lipinski definition) is 6. The highest BCUT2D eigenvalue weighted by molar-refractivity contribution is 6.27. The predicted molar refractivity (Wildman–Crippen MR) is 119 cm³/mol. The quantitative estimate of drug-likeness (QED) is 0.419. The highest BCUT2D eigenvalue weighted by atomic mass is 16.5. The third-order valence-corrected chi connectivity index (χ3v) is 6.18. The normalized spacial score (nSPS) is 14.6. The van der Waals surface area contributed by atoms with E-state index in [9.17, 15) is 19.8 Å². The van der Waals surface area contributed by atoms with Gasteiger partial charge in [-0.1, -0.05) is 36.4 Å². The lowest BCUT2D eigenvalue weighted by Gasteiger charge is -2.00. The molecule has 0 bridgehead atoms. The third kappa shape index (κ3) is 2.31. The summed E-state index contributed by atoms with van der Waals surface area (Å²) in [5.74, 6) is -1.86. The van der Waals surface area contributed by atoms with Gasteiger partial charge in [0.1, 0.15) is 11.2 Å². The van der Waals surface area contributed by atoms with Crippen LogP contribution in [0, 0.1) is 0 Å². The van der Waals surface area contributed by atoms with Gasteiger partial charge in [0.15, 0.2) is 0 Å². The van der Waals surface area contributed by atoms with E-state index in [1.54, 1.807) is 60.7 Å². The van der Waals surface area contributed by atoms with Crippen LogP contribution in [0.4, 0.5) is 0 Å². The Morgan fingerprint density at radius 3 is 1.47 bits per heavy atom. The number of nitrogens with zero attached hydrogens (tertiary/aromatic N) is 2. The van der Waals surface area contributed by atoms with E-state index in [4.69, 9.17) is 8.83 Å². The Bertz CT molecular complexity index is 1880. The maximum atomic E-state index is 12.7. The first-order chi connectivity index (χ1) is 16.5. The van der Waals surface area contributed by atoms with Crippen molar-refractivity contribution in [1.82, 2.24) is 0 Å². The van der Waals surface area contributed by atoms with Crippen LogP contribution in [0.3, 0.4) is 0 Å². The first-order valence-corrected chi connectivity index (χ1v) is 10.4. The van der Waals surface area contributed by atoms with E-state index in [1.807, 2.05) is 0 Å². The number of para-hydroxylation sites is 2. The van der Waals surface area contributed by atoms with E-state index in [-0.39, 0.29) is 33.4 Å². The number of carbonyl (C=O) groups is 2. The molecule has 2 N–H and O–H groups in total. The van der Waals surface area contributed by atoms with Gasteiger partial charge < -0.3 is 19.0 Å². The first kappa shape index (κ1) is 18.6. The molecule has 5 aromatic rings. The summed E-state index contributed by atoms with van der Waals surface area (Å²) in [5.41, 5.74) is 1.33. The zero-order valence-electron chi connectivity index (χ0n) is 17.2. The van der Waals surface area contributed by atoms with Crippen molar-refractivity contribution in [2.45, 2.75) is 0 Å². The van der Waals surface area contributed by atoms with Gasteiger partial charge in [-0.2, -0.15) is 0 Å². The lowest BCUT2D eigenvalue weighted by molar-refractivity contribution is -0.113. The molecule has 34 heavy (non-hydrogen) atoms. The fourth-order valence-electron chi connectivity index (χ4n) is 4.75. The summed E-state index contributed by atoms with van der Waals surface area (Å²) < 4.78 is 11.2. The molecule has 0 fully saturated rings. The summed E-state index contributed by atoms with van der Waals surface area (Å²) in [7, 11) is 0. The molecule has 3 aromatic carbocycles. The molecular formula is C26H12N2O6. The van der Waals surface area contributed by atoms with Gasteiger partial charge in [0, 0.05) is 21.2 Å². The van der Waals surface area contributed by atoms with Gasteiger partial charge in [0.25, 0.3) is 23.7 Å². The van der Waals surface area contributed by atoms with Crippen molar-refractivity contribution in [3.8, 4) is 11.9 Å². The Morgan fingerprint density at radius 1 is 0.618 bits per heavy atom. The molecule has 8 nitrogen and oxygen atoms in total. The van der Waals surface area contributed by atoms with Gasteiger partial charge in [-0.15, -0.1) is 0 Å². The Kier molecular flexibility index (Phi) is 3.44. The minimum atomic E-state index is -0.493. The van der Waals surface area contributed by atoms with Crippen LogP contribution in [-0.2, 0) is 9.59 Å².